The fourth-order valence-corrected chi connectivity index (χ4v) is 3.48. The van der Waals surface area contributed by atoms with Crippen molar-refractivity contribution in [2.75, 3.05) is 13.2 Å². The Hall–Kier alpha value is -0.970. The molecule has 0 radical (unpaired) electrons. The summed E-state index contributed by atoms with van der Waals surface area (Å²) in [7, 11) is 0. The van der Waals surface area contributed by atoms with Gasteiger partial charge in [0.05, 0.1) is 22.9 Å². The van der Waals surface area contributed by atoms with Gasteiger partial charge in [-0.25, -0.2) is 4.98 Å². The van der Waals surface area contributed by atoms with Gasteiger partial charge in [-0.15, -0.1) is 11.3 Å². The van der Waals surface area contributed by atoms with E-state index in [0.717, 1.165) is 30.2 Å². The molecule has 102 valence electrons. The Morgan fingerprint density at radius 1 is 1.26 bits per heavy atom. The molecule has 0 bridgehead atoms. The van der Waals surface area contributed by atoms with E-state index in [1.807, 2.05) is 6.07 Å². The minimum absolute atomic E-state index is 0.518. The molecule has 4 heteroatoms. The van der Waals surface area contributed by atoms with Crippen molar-refractivity contribution >= 4 is 21.6 Å². The van der Waals surface area contributed by atoms with Crippen LogP contribution in [0.3, 0.4) is 0 Å². The van der Waals surface area contributed by atoms with Crippen LogP contribution in [0.1, 0.15) is 30.7 Å². The van der Waals surface area contributed by atoms with Crippen LogP contribution in [0.15, 0.2) is 24.3 Å². The van der Waals surface area contributed by atoms with Gasteiger partial charge in [-0.1, -0.05) is 25.0 Å². The zero-order chi connectivity index (χ0) is 12.9. The largest absolute Gasteiger partial charge is 0.377 e. The topological polar surface area (TPSA) is 34.1 Å². The van der Waals surface area contributed by atoms with Crippen molar-refractivity contribution < 1.29 is 4.74 Å². The molecule has 0 atom stereocenters. The number of thiazole rings is 1. The van der Waals surface area contributed by atoms with Crippen LogP contribution in [-0.2, 0) is 11.3 Å². The molecule has 1 heterocycles. The third kappa shape index (κ3) is 3.53. The van der Waals surface area contributed by atoms with Crippen molar-refractivity contribution in [3.8, 4) is 0 Å². The summed E-state index contributed by atoms with van der Waals surface area (Å²) in [6.45, 7) is 2.56. The van der Waals surface area contributed by atoms with Crippen LogP contribution in [0, 0.1) is 0 Å². The van der Waals surface area contributed by atoms with Crippen LogP contribution < -0.4 is 5.32 Å². The summed E-state index contributed by atoms with van der Waals surface area (Å²) in [5.74, 6) is 0. The molecule has 3 nitrogen and oxygen atoms in total. The Kier molecular flexibility index (Phi) is 4.43. The maximum Gasteiger partial charge on any atom is 0.108 e. The van der Waals surface area contributed by atoms with E-state index in [1.54, 1.807) is 11.3 Å². The average molecular weight is 276 g/mol. The first-order valence-electron chi connectivity index (χ1n) is 7.08. The molecule has 2 aromatic rings. The fraction of sp³-hybridized carbons (Fsp3) is 0.533. The number of ether oxygens (including phenoxy) is 1. The number of hydrogen-bond donors (Lipinski definition) is 1. The lowest BCUT2D eigenvalue weighted by Crippen LogP contribution is -2.21. The zero-order valence-electron chi connectivity index (χ0n) is 11.1. The molecule has 1 N–H and O–H groups in total. The Labute approximate surface area is 118 Å². The minimum atomic E-state index is 0.518. The van der Waals surface area contributed by atoms with Crippen molar-refractivity contribution in [3.05, 3.63) is 29.3 Å². The zero-order valence-corrected chi connectivity index (χ0v) is 11.9. The summed E-state index contributed by atoms with van der Waals surface area (Å²) in [5.41, 5.74) is 1.10. The average Bonchev–Trinajstić information content (AvgIpc) is 3.06. The van der Waals surface area contributed by atoms with Gasteiger partial charge in [-0.2, -0.15) is 0 Å². The normalized spacial score (nSPS) is 16.4. The van der Waals surface area contributed by atoms with E-state index in [0.29, 0.717) is 6.10 Å². The molecule has 1 aliphatic carbocycles. The molecule has 3 rings (SSSR count). The monoisotopic (exact) mass is 276 g/mol. The van der Waals surface area contributed by atoms with E-state index in [9.17, 15) is 0 Å². The highest BCUT2D eigenvalue weighted by atomic mass is 32.1. The first-order chi connectivity index (χ1) is 9.42. The lowest BCUT2D eigenvalue weighted by atomic mass is 10.3. The summed E-state index contributed by atoms with van der Waals surface area (Å²) < 4.78 is 7.09. The molecule has 1 fully saturated rings. The number of para-hydroxylation sites is 1. The molecule has 19 heavy (non-hydrogen) atoms. The predicted molar refractivity (Wildman–Crippen MR) is 79.5 cm³/mol. The Bertz CT molecular complexity index is 487. The van der Waals surface area contributed by atoms with Gasteiger partial charge in [0.25, 0.3) is 0 Å². The highest BCUT2D eigenvalue weighted by molar-refractivity contribution is 7.18. The third-order valence-electron chi connectivity index (χ3n) is 3.55. The number of benzene rings is 1. The van der Waals surface area contributed by atoms with Gasteiger partial charge in [0.15, 0.2) is 0 Å². The van der Waals surface area contributed by atoms with Crippen LogP contribution in [0.25, 0.3) is 10.2 Å². The van der Waals surface area contributed by atoms with Crippen molar-refractivity contribution in [3.63, 3.8) is 0 Å². The lowest BCUT2D eigenvalue weighted by Gasteiger charge is -2.10. The van der Waals surface area contributed by atoms with Crippen molar-refractivity contribution in [1.82, 2.24) is 10.3 Å². The quantitative estimate of drug-likeness (QED) is 0.822. The van der Waals surface area contributed by atoms with Gasteiger partial charge in [-0.3, -0.25) is 0 Å². The minimum Gasteiger partial charge on any atom is -0.377 e. The highest BCUT2D eigenvalue weighted by Gasteiger charge is 2.14. The number of nitrogens with one attached hydrogen (secondary N) is 1. The smallest absolute Gasteiger partial charge is 0.108 e. The van der Waals surface area contributed by atoms with Crippen LogP contribution in [0.2, 0.25) is 0 Å². The molecule has 0 aliphatic heterocycles. The third-order valence-corrected chi connectivity index (χ3v) is 4.59. The maximum absolute atomic E-state index is 5.82. The first kappa shape index (κ1) is 13.0. The number of fused-ring (bicyclic) bond motifs is 1. The first-order valence-corrected chi connectivity index (χ1v) is 7.90. The summed E-state index contributed by atoms with van der Waals surface area (Å²) in [5, 5.41) is 4.56. The molecule has 0 unspecified atom stereocenters. The Balaban J connectivity index is 1.39. The Morgan fingerprint density at radius 2 is 2.11 bits per heavy atom. The molecule has 1 aromatic heterocycles. The van der Waals surface area contributed by atoms with Crippen molar-refractivity contribution in [2.24, 2.45) is 0 Å². The Morgan fingerprint density at radius 3 is 2.95 bits per heavy atom. The summed E-state index contributed by atoms with van der Waals surface area (Å²) in [4.78, 5) is 4.60. The van der Waals surface area contributed by atoms with Crippen molar-refractivity contribution in [2.45, 2.75) is 38.3 Å². The van der Waals surface area contributed by atoms with Crippen LogP contribution >= 0.6 is 11.3 Å². The van der Waals surface area contributed by atoms with E-state index >= 15 is 0 Å². The van der Waals surface area contributed by atoms with Gasteiger partial charge in [0.2, 0.25) is 0 Å². The van der Waals surface area contributed by atoms with Gasteiger partial charge < -0.3 is 10.1 Å². The lowest BCUT2D eigenvalue weighted by molar-refractivity contribution is 0.0603. The van der Waals surface area contributed by atoms with Crippen LogP contribution in [-0.4, -0.2) is 24.2 Å². The van der Waals surface area contributed by atoms with Crippen molar-refractivity contribution in [1.29, 1.82) is 0 Å². The molecular weight excluding hydrogens is 256 g/mol. The molecule has 0 saturated heterocycles. The second-order valence-electron chi connectivity index (χ2n) is 5.03. The van der Waals surface area contributed by atoms with E-state index in [1.165, 1.54) is 30.4 Å². The maximum atomic E-state index is 5.82. The van der Waals surface area contributed by atoms with Crippen LogP contribution in [0.4, 0.5) is 0 Å². The highest BCUT2D eigenvalue weighted by Crippen LogP contribution is 2.21. The SMILES string of the molecule is c1ccc2sc(CNCCOC3CCCC3)nc2c1. The summed E-state index contributed by atoms with van der Waals surface area (Å²) >= 11 is 1.77. The summed E-state index contributed by atoms with van der Waals surface area (Å²) in [6, 6.07) is 8.29. The van der Waals surface area contributed by atoms with Gasteiger partial charge >= 0.3 is 0 Å². The van der Waals surface area contributed by atoms with Crippen LogP contribution in [0.5, 0.6) is 0 Å². The number of aromatic nitrogens is 1. The molecule has 1 aromatic carbocycles. The van der Waals surface area contributed by atoms with E-state index in [2.05, 4.69) is 28.5 Å². The van der Waals surface area contributed by atoms with E-state index in [4.69, 9.17) is 4.74 Å². The second-order valence-corrected chi connectivity index (χ2v) is 6.14. The summed E-state index contributed by atoms with van der Waals surface area (Å²) in [6.07, 6.45) is 5.69. The predicted octanol–water partition coefficient (Wildman–Crippen LogP) is 3.35. The number of rotatable bonds is 6. The fourth-order valence-electron chi connectivity index (χ4n) is 2.54. The number of nitrogens with zero attached hydrogens (tertiary/aromatic N) is 1. The number of hydrogen-bond acceptors (Lipinski definition) is 4. The van der Waals surface area contributed by atoms with E-state index < -0.39 is 0 Å². The molecule has 1 aliphatic rings. The van der Waals surface area contributed by atoms with Gasteiger partial charge in [0, 0.05) is 13.1 Å². The van der Waals surface area contributed by atoms with Gasteiger partial charge in [-0.05, 0) is 25.0 Å². The van der Waals surface area contributed by atoms with Gasteiger partial charge in [0.1, 0.15) is 5.01 Å². The molecule has 1 saturated carbocycles. The molecule has 0 spiro atoms. The van der Waals surface area contributed by atoms with E-state index in [-0.39, 0.29) is 0 Å². The standard InChI is InChI=1S/C15H20N2OS/c1-2-6-12(5-1)18-10-9-16-11-15-17-13-7-3-4-8-14(13)19-15/h3-4,7-8,12,16H,1-2,5-6,9-11H2. The molecule has 0 amide bonds. The molecular formula is C15H20N2OS. The second kappa shape index (κ2) is 6.46.